The van der Waals surface area contributed by atoms with Gasteiger partial charge in [-0.25, -0.2) is 0 Å². The summed E-state index contributed by atoms with van der Waals surface area (Å²) in [6.07, 6.45) is 9.15. The predicted molar refractivity (Wildman–Crippen MR) is 65.8 cm³/mol. The Kier molecular flexibility index (Phi) is 4.22. The molecule has 3 heteroatoms. The van der Waals surface area contributed by atoms with Gasteiger partial charge in [-0.1, -0.05) is 19.8 Å². The third-order valence-electron chi connectivity index (χ3n) is 4.81. The topological polar surface area (TPSA) is 47.3 Å². The van der Waals surface area contributed by atoms with Gasteiger partial charge in [0.05, 0.1) is 6.61 Å². The van der Waals surface area contributed by atoms with Crippen molar-refractivity contribution in [3.63, 3.8) is 0 Å². The van der Waals surface area contributed by atoms with Crippen LogP contribution >= 0.6 is 0 Å². The molecule has 1 heterocycles. The fourth-order valence-corrected chi connectivity index (χ4v) is 3.80. The molecule has 2 rings (SSSR count). The quantitative estimate of drug-likeness (QED) is 0.571. The summed E-state index contributed by atoms with van der Waals surface area (Å²) in [4.78, 5) is 0. The second-order valence-electron chi connectivity index (χ2n) is 5.54. The van der Waals surface area contributed by atoms with Crippen molar-refractivity contribution in [2.75, 3.05) is 13.2 Å². The van der Waals surface area contributed by atoms with E-state index in [1.165, 1.54) is 44.9 Å². The molecule has 1 aliphatic carbocycles. The Bertz CT molecular complexity index is 208. The van der Waals surface area contributed by atoms with Crippen molar-refractivity contribution in [2.45, 2.75) is 57.9 Å². The summed E-state index contributed by atoms with van der Waals surface area (Å²) in [6.45, 7) is 4.16. The van der Waals surface area contributed by atoms with E-state index in [-0.39, 0.29) is 0 Å². The van der Waals surface area contributed by atoms with Crippen LogP contribution in [-0.4, -0.2) is 19.3 Å². The molecule has 2 unspecified atom stereocenters. The van der Waals surface area contributed by atoms with Crippen LogP contribution < -0.4 is 11.3 Å². The molecule has 3 N–H and O–H groups in total. The lowest BCUT2D eigenvalue weighted by atomic mass is 9.70. The molecule has 0 radical (unpaired) electrons. The summed E-state index contributed by atoms with van der Waals surface area (Å²) >= 11 is 0. The number of rotatable bonds is 4. The Hall–Kier alpha value is -0.120. The summed E-state index contributed by atoms with van der Waals surface area (Å²) < 4.78 is 5.62. The highest BCUT2D eigenvalue weighted by Crippen LogP contribution is 2.46. The highest BCUT2D eigenvalue weighted by molar-refractivity contribution is 4.96. The summed E-state index contributed by atoms with van der Waals surface area (Å²) in [5.74, 6) is 6.46. The number of nitrogens with one attached hydrogen (secondary N) is 1. The van der Waals surface area contributed by atoms with Gasteiger partial charge in [-0.3, -0.25) is 11.3 Å². The minimum absolute atomic E-state index is 0.445. The van der Waals surface area contributed by atoms with Gasteiger partial charge in [-0.05, 0) is 43.4 Å². The van der Waals surface area contributed by atoms with E-state index in [1.54, 1.807) is 0 Å². The smallest absolute Gasteiger partial charge is 0.0509 e. The highest BCUT2D eigenvalue weighted by atomic mass is 16.5. The van der Waals surface area contributed by atoms with Gasteiger partial charge in [0.15, 0.2) is 0 Å². The molecular weight excluding hydrogens is 200 g/mol. The lowest BCUT2D eigenvalue weighted by Gasteiger charge is -2.42. The third kappa shape index (κ3) is 2.27. The highest BCUT2D eigenvalue weighted by Gasteiger charge is 2.43. The molecule has 2 fully saturated rings. The molecule has 1 aliphatic heterocycles. The molecule has 0 spiro atoms. The standard InChI is InChI=1S/C13H26N2O/c1-2-13(7-3-4-8-13)12(15-14)11-6-5-9-16-10-11/h11-12,15H,2-10,14H2,1H3. The first-order valence-electron chi connectivity index (χ1n) is 6.86. The predicted octanol–water partition coefficient (Wildman–Crippen LogP) is 2.22. The van der Waals surface area contributed by atoms with Gasteiger partial charge >= 0.3 is 0 Å². The Balaban J connectivity index is 2.06. The summed E-state index contributed by atoms with van der Waals surface area (Å²) in [7, 11) is 0. The molecule has 1 saturated carbocycles. The maximum Gasteiger partial charge on any atom is 0.0509 e. The molecule has 2 aliphatic rings. The van der Waals surface area contributed by atoms with Crippen molar-refractivity contribution in [3.05, 3.63) is 0 Å². The monoisotopic (exact) mass is 226 g/mol. The van der Waals surface area contributed by atoms with E-state index >= 15 is 0 Å². The Morgan fingerprint density at radius 2 is 2.12 bits per heavy atom. The van der Waals surface area contributed by atoms with Crippen molar-refractivity contribution < 1.29 is 4.74 Å². The molecule has 0 aromatic carbocycles. The first-order valence-corrected chi connectivity index (χ1v) is 6.86. The first-order chi connectivity index (χ1) is 7.82. The van der Waals surface area contributed by atoms with Crippen molar-refractivity contribution in [2.24, 2.45) is 17.2 Å². The van der Waals surface area contributed by atoms with Crippen molar-refractivity contribution in [1.82, 2.24) is 5.43 Å². The number of hydrogen-bond acceptors (Lipinski definition) is 3. The Morgan fingerprint density at radius 3 is 2.62 bits per heavy atom. The van der Waals surface area contributed by atoms with Gasteiger partial charge in [-0.15, -0.1) is 0 Å². The SMILES string of the molecule is CCC1(C(NN)C2CCCOC2)CCCC1. The minimum Gasteiger partial charge on any atom is -0.381 e. The van der Waals surface area contributed by atoms with Gasteiger partial charge in [0.2, 0.25) is 0 Å². The van der Waals surface area contributed by atoms with Crippen LogP contribution in [0.25, 0.3) is 0 Å². The summed E-state index contributed by atoms with van der Waals surface area (Å²) in [6, 6.07) is 0.459. The van der Waals surface area contributed by atoms with Crippen LogP contribution in [0.3, 0.4) is 0 Å². The van der Waals surface area contributed by atoms with Gasteiger partial charge < -0.3 is 4.74 Å². The van der Waals surface area contributed by atoms with Crippen LogP contribution in [0.5, 0.6) is 0 Å². The Morgan fingerprint density at radius 1 is 1.38 bits per heavy atom. The van der Waals surface area contributed by atoms with Crippen LogP contribution in [0.2, 0.25) is 0 Å². The number of hydrazine groups is 1. The van der Waals surface area contributed by atoms with E-state index in [2.05, 4.69) is 12.3 Å². The van der Waals surface area contributed by atoms with Gasteiger partial charge in [0.25, 0.3) is 0 Å². The molecular formula is C13H26N2O. The average Bonchev–Trinajstić information content (AvgIpc) is 2.81. The van der Waals surface area contributed by atoms with Gasteiger partial charge in [0.1, 0.15) is 0 Å². The zero-order valence-corrected chi connectivity index (χ0v) is 10.5. The molecule has 3 nitrogen and oxygen atoms in total. The molecule has 1 saturated heterocycles. The molecule has 94 valence electrons. The van der Waals surface area contributed by atoms with Crippen LogP contribution in [0.15, 0.2) is 0 Å². The lowest BCUT2D eigenvalue weighted by molar-refractivity contribution is 0.00665. The summed E-state index contributed by atoms with van der Waals surface area (Å²) in [5, 5.41) is 0. The number of hydrogen-bond donors (Lipinski definition) is 2. The second-order valence-corrected chi connectivity index (χ2v) is 5.54. The normalized spacial score (nSPS) is 31.5. The zero-order valence-electron chi connectivity index (χ0n) is 10.5. The molecule has 0 bridgehead atoms. The van der Waals surface area contributed by atoms with Gasteiger partial charge in [-0.2, -0.15) is 0 Å². The largest absolute Gasteiger partial charge is 0.381 e. The van der Waals surface area contributed by atoms with Crippen molar-refractivity contribution in [1.29, 1.82) is 0 Å². The van der Waals surface area contributed by atoms with E-state index in [0.29, 0.717) is 17.4 Å². The van der Waals surface area contributed by atoms with Crippen LogP contribution in [0.1, 0.15) is 51.9 Å². The van der Waals surface area contributed by atoms with Crippen LogP contribution in [-0.2, 0) is 4.74 Å². The molecule has 16 heavy (non-hydrogen) atoms. The lowest BCUT2D eigenvalue weighted by Crippen LogP contribution is -2.53. The molecule has 0 amide bonds. The number of ether oxygens (including phenoxy) is 1. The van der Waals surface area contributed by atoms with E-state index in [0.717, 1.165) is 13.2 Å². The van der Waals surface area contributed by atoms with E-state index in [1.807, 2.05) is 0 Å². The fraction of sp³-hybridized carbons (Fsp3) is 1.00. The maximum absolute atomic E-state index is 5.84. The average molecular weight is 226 g/mol. The second kappa shape index (κ2) is 5.48. The zero-order chi connectivity index (χ0) is 11.4. The van der Waals surface area contributed by atoms with Crippen LogP contribution in [0, 0.1) is 11.3 Å². The van der Waals surface area contributed by atoms with E-state index < -0.39 is 0 Å². The number of nitrogens with two attached hydrogens (primary N) is 1. The molecule has 0 aromatic rings. The first kappa shape index (κ1) is 12.3. The van der Waals surface area contributed by atoms with Crippen molar-refractivity contribution >= 4 is 0 Å². The van der Waals surface area contributed by atoms with Gasteiger partial charge in [0, 0.05) is 12.6 Å². The molecule has 2 atom stereocenters. The molecule has 0 aromatic heterocycles. The third-order valence-corrected chi connectivity index (χ3v) is 4.81. The fourth-order valence-electron chi connectivity index (χ4n) is 3.80. The van der Waals surface area contributed by atoms with Crippen LogP contribution in [0.4, 0.5) is 0 Å². The van der Waals surface area contributed by atoms with E-state index in [9.17, 15) is 0 Å². The summed E-state index contributed by atoms with van der Waals surface area (Å²) in [5.41, 5.74) is 3.57. The van der Waals surface area contributed by atoms with Crippen molar-refractivity contribution in [3.8, 4) is 0 Å². The van der Waals surface area contributed by atoms with E-state index in [4.69, 9.17) is 10.6 Å². The maximum atomic E-state index is 5.84. The minimum atomic E-state index is 0.445. The Labute approximate surface area is 99.1 Å².